The van der Waals surface area contributed by atoms with E-state index in [0.717, 1.165) is 57.8 Å². The summed E-state index contributed by atoms with van der Waals surface area (Å²) in [7, 11) is 1.57. The normalized spacial score (nSPS) is 45.7. The second-order valence-corrected chi connectivity index (χ2v) is 16.4. The number of hydrogen-bond donors (Lipinski definition) is 1. The molecule has 42 heavy (non-hydrogen) atoms. The molecule has 4 fully saturated rings. The van der Waals surface area contributed by atoms with Crippen molar-refractivity contribution in [3.63, 3.8) is 0 Å². The molecule has 5 aliphatic rings. The van der Waals surface area contributed by atoms with E-state index in [-0.39, 0.29) is 63.9 Å². The van der Waals surface area contributed by atoms with Crippen molar-refractivity contribution in [3.8, 4) is 0 Å². The van der Waals surface area contributed by atoms with E-state index in [9.17, 15) is 14.4 Å². The summed E-state index contributed by atoms with van der Waals surface area (Å²) >= 11 is 0. The van der Waals surface area contributed by atoms with Crippen molar-refractivity contribution in [2.24, 2.45) is 56.7 Å². The molecule has 236 valence electrons. The van der Waals surface area contributed by atoms with Gasteiger partial charge in [0.25, 0.3) is 0 Å². The second-order valence-electron chi connectivity index (χ2n) is 16.4. The minimum absolute atomic E-state index is 0.00229. The third kappa shape index (κ3) is 4.42. The number of carboxylic acids is 1. The zero-order valence-electron chi connectivity index (χ0n) is 27.5. The number of rotatable bonds is 6. The number of carboxylic acid groups (broad SMARTS) is 1. The maximum atomic E-state index is 13.5. The van der Waals surface area contributed by atoms with Crippen LogP contribution in [-0.2, 0) is 23.9 Å². The van der Waals surface area contributed by atoms with Crippen LogP contribution in [0.25, 0.3) is 0 Å². The zero-order valence-corrected chi connectivity index (χ0v) is 27.5. The third-order valence-electron chi connectivity index (χ3n) is 14.6. The zero-order chi connectivity index (χ0) is 30.9. The molecule has 10 atom stereocenters. The summed E-state index contributed by atoms with van der Waals surface area (Å²) in [5.74, 6) is 1.15. The third-order valence-corrected chi connectivity index (χ3v) is 14.6. The van der Waals surface area contributed by atoms with E-state index in [1.807, 2.05) is 0 Å². The number of carbonyl (C=O) groups excluding carboxylic acids is 2. The van der Waals surface area contributed by atoms with Crippen LogP contribution in [0.3, 0.4) is 0 Å². The first-order valence-corrected chi connectivity index (χ1v) is 16.8. The van der Waals surface area contributed by atoms with Crippen molar-refractivity contribution in [3.05, 3.63) is 11.6 Å². The lowest BCUT2D eigenvalue weighted by atomic mass is 9.33. The molecule has 0 aromatic carbocycles. The van der Waals surface area contributed by atoms with Gasteiger partial charge in [-0.3, -0.25) is 14.4 Å². The molecule has 6 nitrogen and oxygen atoms in total. The van der Waals surface area contributed by atoms with Gasteiger partial charge in [-0.2, -0.15) is 0 Å². The fourth-order valence-corrected chi connectivity index (χ4v) is 11.8. The van der Waals surface area contributed by atoms with Crippen LogP contribution in [-0.4, -0.2) is 36.2 Å². The monoisotopic (exact) mass is 584 g/mol. The Labute approximate surface area is 253 Å². The summed E-state index contributed by atoms with van der Waals surface area (Å²) in [6, 6.07) is 0. The number of hydrogen-bond acceptors (Lipinski definition) is 5. The van der Waals surface area contributed by atoms with Crippen molar-refractivity contribution in [2.75, 3.05) is 7.11 Å². The molecule has 0 bridgehead atoms. The fourth-order valence-electron chi connectivity index (χ4n) is 11.8. The molecule has 0 spiro atoms. The topological polar surface area (TPSA) is 89.9 Å². The van der Waals surface area contributed by atoms with E-state index in [1.165, 1.54) is 0 Å². The van der Waals surface area contributed by atoms with Crippen molar-refractivity contribution in [1.29, 1.82) is 0 Å². The van der Waals surface area contributed by atoms with Gasteiger partial charge < -0.3 is 14.6 Å². The van der Waals surface area contributed by atoms with Crippen molar-refractivity contribution in [1.82, 2.24) is 0 Å². The van der Waals surface area contributed by atoms with E-state index >= 15 is 0 Å². The second kappa shape index (κ2) is 10.6. The van der Waals surface area contributed by atoms with Crippen LogP contribution in [0.2, 0.25) is 0 Å². The molecule has 0 aliphatic heterocycles. The van der Waals surface area contributed by atoms with Crippen molar-refractivity contribution < 1.29 is 29.0 Å². The minimum Gasteiger partial charge on any atom is -0.481 e. The van der Waals surface area contributed by atoms with Gasteiger partial charge in [0.05, 0.1) is 12.5 Å². The minimum atomic E-state index is -0.874. The Morgan fingerprint density at radius 2 is 1.62 bits per heavy atom. The molecule has 1 N–H and O–H groups in total. The van der Waals surface area contributed by atoms with E-state index in [2.05, 4.69) is 54.5 Å². The summed E-state index contributed by atoms with van der Waals surface area (Å²) in [6.45, 7) is 17.0. The quantitative estimate of drug-likeness (QED) is 0.251. The van der Waals surface area contributed by atoms with Gasteiger partial charge in [-0.05, 0) is 110 Å². The van der Waals surface area contributed by atoms with Crippen LogP contribution in [0, 0.1) is 56.7 Å². The van der Waals surface area contributed by atoms with Gasteiger partial charge in [0.2, 0.25) is 0 Å². The lowest BCUT2D eigenvalue weighted by Gasteiger charge is -2.71. The Bertz CT molecular complexity index is 1140. The van der Waals surface area contributed by atoms with Gasteiger partial charge >= 0.3 is 17.9 Å². The lowest BCUT2D eigenvalue weighted by molar-refractivity contribution is -0.215. The molecule has 6 heteroatoms. The first-order valence-electron chi connectivity index (χ1n) is 16.8. The summed E-state index contributed by atoms with van der Waals surface area (Å²) in [5, 5.41) is 8.95. The molecule has 0 aromatic heterocycles. The Kier molecular flexibility index (Phi) is 8.00. The molecule has 5 aliphatic carbocycles. The van der Waals surface area contributed by atoms with Crippen molar-refractivity contribution in [2.45, 2.75) is 132 Å². The molecule has 0 saturated heterocycles. The standard InChI is InChI=1S/C36H56O6/c1-22-14-19-36(31(40)41-8)21-20-34(6)24(30(36)23(22)2)12-13-26-33(5)17-16-27(42-29(39)11-9-10-28(37)38)32(3,4)25(33)15-18-35(26,34)7/h12,22-23,25-27,30H,9-11,13-21H2,1-8H3,(H,37,38)/t22-,23+,25+,26-,27+,30?,33+,34-,35-,36?/m1/s1. The number of esters is 2. The largest absolute Gasteiger partial charge is 0.481 e. The number of aliphatic carboxylic acids is 1. The Morgan fingerprint density at radius 3 is 2.29 bits per heavy atom. The SMILES string of the molecule is COC(=O)C12CC[C@@H](C)[C@H](C)C1C1=CC[C@@H]3[C@@]4(C)CC[C@H](OC(=O)CCCC(=O)O)C(C)(C)[C@@H]4CC[C@@]3(C)[C@]1(C)CC2. The van der Waals surface area contributed by atoms with E-state index < -0.39 is 5.97 Å². The first kappa shape index (κ1) is 31.6. The number of methoxy groups -OCH3 is 1. The lowest BCUT2D eigenvalue weighted by Crippen LogP contribution is -2.65. The van der Waals surface area contributed by atoms with Crippen LogP contribution in [0.4, 0.5) is 0 Å². The highest BCUT2D eigenvalue weighted by Gasteiger charge is 2.69. The van der Waals surface area contributed by atoms with Crippen LogP contribution in [0.1, 0.15) is 126 Å². The van der Waals surface area contributed by atoms with Crippen molar-refractivity contribution >= 4 is 17.9 Å². The predicted molar refractivity (Wildman–Crippen MR) is 162 cm³/mol. The van der Waals surface area contributed by atoms with E-state index in [4.69, 9.17) is 14.6 Å². The summed E-state index contributed by atoms with van der Waals surface area (Å²) in [5.41, 5.74) is 1.35. The molecule has 0 aromatic rings. The molecular formula is C36H56O6. The van der Waals surface area contributed by atoms with Crippen LogP contribution >= 0.6 is 0 Å². The van der Waals surface area contributed by atoms with Crippen LogP contribution in [0.15, 0.2) is 11.6 Å². The smallest absolute Gasteiger partial charge is 0.312 e. The summed E-state index contributed by atoms with van der Waals surface area (Å²) in [6.07, 6.45) is 12.2. The predicted octanol–water partition coefficient (Wildman–Crippen LogP) is 7.98. The van der Waals surface area contributed by atoms with E-state index in [1.54, 1.807) is 12.7 Å². The van der Waals surface area contributed by atoms with Gasteiger partial charge in [-0.15, -0.1) is 0 Å². The van der Waals surface area contributed by atoms with Gasteiger partial charge in [0.1, 0.15) is 6.10 Å². The molecule has 0 amide bonds. The number of carbonyl (C=O) groups is 3. The highest BCUT2D eigenvalue weighted by Crippen LogP contribution is 2.76. The highest BCUT2D eigenvalue weighted by atomic mass is 16.5. The number of allylic oxidation sites excluding steroid dienone is 2. The number of fused-ring (bicyclic) bond motifs is 7. The van der Waals surface area contributed by atoms with Gasteiger partial charge in [0, 0.05) is 18.3 Å². The van der Waals surface area contributed by atoms with Crippen LogP contribution in [0.5, 0.6) is 0 Å². The van der Waals surface area contributed by atoms with Crippen LogP contribution < -0.4 is 0 Å². The average Bonchev–Trinajstić information content (AvgIpc) is 2.92. The number of ether oxygens (including phenoxy) is 2. The maximum Gasteiger partial charge on any atom is 0.312 e. The molecule has 4 saturated carbocycles. The average molecular weight is 585 g/mol. The Morgan fingerprint density at radius 1 is 0.905 bits per heavy atom. The molecule has 0 radical (unpaired) electrons. The summed E-state index contributed by atoms with van der Waals surface area (Å²) in [4.78, 5) is 37.1. The van der Waals surface area contributed by atoms with Gasteiger partial charge in [-0.1, -0.05) is 60.1 Å². The molecular weight excluding hydrogens is 528 g/mol. The highest BCUT2D eigenvalue weighted by molar-refractivity contribution is 5.78. The first-order chi connectivity index (χ1) is 19.6. The van der Waals surface area contributed by atoms with E-state index in [0.29, 0.717) is 30.1 Å². The molecule has 2 unspecified atom stereocenters. The maximum absolute atomic E-state index is 13.5. The summed E-state index contributed by atoms with van der Waals surface area (Å²) < 4.78 is 11.6. The van der Waals surface area contributed by atoms with Gasteiger partial charge in [0.15, 0.2) is 0 Å². The Hall–Kier alpha value is -1.85. The Balaban J connectivity index is 1.44. The fraction of sp³-hybridized carbons (Fsp3) is 0.861. The molecule has 0 heterocycles. The molecule has 5 rings (SSSR count). The van der Waals surface area contributed by atoms with Gasteiger partial charge in [-0.25, -0.2) is 0 Å².